The Morgan fingerprint density at radius 3 is 2.74 bits per heavy atom. The van der Waals surface area contributed by atoms with E-state index in [4.69, 9.17) is 9.47 Å². The first-order valence-electron chi connectivity index (χ1n) is 6.53. The van der Waals surface area contributed by atoms with Gasteiger partial charge in [-0.15, -0.1) is 0 Å². The lowest BCUT2D eigenvalue weighted by Crippen LogP contribution is -2.50. The molecule has 1 aliphatic carbocycles. The Morgan fingerprint density at radius 2 is 2.26 bits per heavy atom. The van der Waals surface area contributed by atoms with E-state index in [1.807, 2.05) is 6.92 Å². The fraction of sp³-hybridized carbons (Fsp3) is 0.769. The van der Waals surface area contributed by atoms with Crippen LogP contribution in [0.4, 0.5) is 0 Å². The Balaban J connectivity index is 1.79. The van der Waals surface area contributed by atoms with Crippen molar-refractivity contribution in [3.8, 4) is 0 Å². The molecule has 1 spiro atoms. The molecule has 1 saturated heterocycles. The minimum Gasteiger partial charge on any atom is -0.461 e. The van der Waals surface area contributed by atoms with E-state index in [1.165, 1.54) is 0 Å². The highest BCUT2D eigenvalue weighted by atomic mass is 16.6. The molecule has 1 unspecified atom stereocenters. The molecule has 1 heterocycles. The molecule has 1 N–H and O–H groups in total. The highest BCUT2D eigenvalue weighted by molar-refractivity contribution is 5.87. The van der Waals surface area contributed by atoms with Gasteiger partial charge in [0, 0.05) is 6.42 Å². The summed E-state index contributed by atoms with van der Waals surface area (Å²) in [6.07, 6.45) is 1.35. The van der Waals surface area contributed by atoms with Crippen LogP contribution < -0.4 is 5.32 Å². The fourth-order valence-corrected chi connectivity index (χ4v) is 2.68. The summed E-state index contributed by atoms with van der Waals surface area (Å²) < 4.78 is 10.4. The summed E-state index contributed by atoms with van der Waals surface area (Å²) in [5.41, 5.74) is -0.312. The molecule has 0 aromatic carbocycles. The van der Waals surface area contributed by atoms with E-state index in [2.05, 4.69) is 5.32 Å². The van der Waals surface area contributed by atoms with Crippen LogP contribution in [0.25, 0.3) is 0 Å². The summed E-state index contributed by atoms with van der Waals surface area (Å²) in [6.45, 7) is 5.34. The largest absolute Gasteiger partial charge is 0.461 e. The van der Waals surface area contributed by atoms with Gasteiger partial charge in [-0.25, -0.2) is 4.79 Å². The van der Waals surface area contributed by atoms with Crippen LogP contribution in [-0.4, -0.2) is 36.6 Å². The monoisotopic (exact) mass is 269 g/mol. The number of carbonyl (C=O) groups excluding carboxylic acids is 3. The molecule has 19 heavy (non-hydrogen) atoms. The molecule has 6 heteroatoms. The predicted octanol–water partition coefficient (Wildman–Crippen LogP) is 0.394. The quantitative estimate of drug-likeness (QED) is 0.557. The lowest BCUT2D eigenvalue weighted by molar-refractivity contribution is -0.196. The highest BCUT2D eigenvalue weighted by Gasteiger charge is 2.71. The van der Waals surface area contributed by atoms with E-state index in [-0.39, 0.29) is 23.6 Å². The summed E-state index contributed by atoms with van der Waals surface area (Å²) in [7, 11) is 0. The number of ether oxygens (including phenoxy) is 2. The van der Waals surface area contributed by atoms with Gasteiger partial charge in [0.15, 0.2) is 0 Å². The maximum Gasteiger partial charge on any atom is 0.328 e. The van der Waals surface area contributed by atoms with E-state index >= 15 is 0 Å². The zero-order valence-electron chi connectivity index (χ0n) is 11.3. The number of hydrogen-bond donors (Lipinski definition) is 1. The van der Waals surface area contributed by atoms with Crippen molar-refractivity contribution < 1.29 is 23.9 Å². The maximum atomic E-state index is 11.6. The number of amides is 1. The third-order valence-corrected chi connectivity index (χ3v) is 4.10. The van der Waals surface area contributed by atoms with Gasteiger partial charge in [-0.1, -0.05) is 6.92 Å². The van der Waals surface area contributed by atoms with E-state index in [0.717, 1.165) is 6.42 Å². The van der Waals surface area contributed by atoms with Gasteiger partial charge in [0.2, 0.25) is 6.41 Å². The first kappa shape index (κ1) is 13.8. The molecule has 0 radical (unpaired) electrons. The number of rotatable bonds is 6. The van der Waals surface area contributed by atoms with Crippen LogP contribution >= 0.6 is 0 Å². The van der Waals surface area contributed by atoms with Gasteiger partial charge in [-0.2, -0.15) is 0 Å². The Hall–Kier alpha value is -1.59. The van der Waals surface area contributed by atoms with Gasteiger partial charge in [0.05, 0.1) is 0 Å². The normalized spacial score (nSPS) is 34.8. The van der Waals surface area contributed by atoms with Crippen molar-refractivity contribution in [3.05, 3.63) is 0 Å². The van der Waals surface area contributed by atoms with Crippen LogP contribution in [0.3, 0.4) is 0 Å². The van der Waals surface area contributed by atoms with Gasteiger partial charge in [-0.3, -0.25) is 9.59 Å². The Labute approximate surface area is 111 Å². The lowest BCUT2D eigenvalue weighted by Gasteiger charge is -2.37. The van der Waals surface area contributed by atoms with Crippen LogP contribution in [-0.2, 0) is 23.9 Å². The first-order valence-corrected chi connectivity index (χ1v) is 6.53. The average Bonchev–Trinajstić information content (AvgIpc) is 3.04. The molecule has 1 amide bonds. The number of nitrogens with one attached hydrogen (secondary N) is 1. The van der Waals surface area contributed by atoms with Crippen molar-refractivity contribution in [1.82, 2.24) is 5.32 Å². The smallest absolute Gasteiger partial charge is 0.328 e. The van der Waals surface area contributed by atoms with Crippen molar-refractivity contribution in [2.24, 2.45) is 11.3 Å². The summed E-state index contributed by atoms with van der Waals surface area (Å²) >= 11 is 0. The summed E-state index contributed by atoms with van der Waals surface area (Å²) in [5, 5.41) is 2.33. The Kier molecular flexibility index (Phi) is 3.52. The predicted molar refractivity (Wildman–Crippen MR) is 64.9 cm³/mol. The molecule has 5 atom stereocenters. The third-order valence-electron chi connectivity index (χ3n) is 4.10. The van der Waals surface area contributed by atoms with Crippen LogP contribution in [0.1, 0.15) is 33.6 Å². The molecule has 6 nitrogen and oxygen atoms in total. The third kappa shape index (κ3) is 2.31. The highest BCUT2D eigenvalue weighted by Crippen LogP contribution is 2.63. The number of esters is 2. The second-order valence-electron chi connectivity index (χ2n) is 5.53. The van der Waals surface area contributed by atoms with E-state index < -0.39 is 12.0 Å². The SMILES string of the molecule is CC1C[C@@]12C(=O)O[C@H]2C[C@H](C)OC(=O)[C@H](C)NC=O. The number of cyclic esters (lactones) is 1. The fourth-order valence-electron chi connectivity index (χ4n) is 2.68. The van der Waals surface area contributed by atoms with Crippen molar-refractivity contribution in [2.75, 3.05) is 0 Å². The Morgan fingerprint density at radius 1 is 1.63 bits per heavy atom. The molecule has 0 bridgehead atoms. The number of carbonyl (C=O) groups is 3. The van der Waals surface area contributed by atoms with Gasteiger partial charge < -0.3 is 14.8 Å². The van der Waals surface area contributed by atoms with Gasteiger partial charge in [0.25, 0.3) is 0 Å². The van der Waals surface area contributed by atoms with Gasteiger partial charge >= 0.3 is 11.9 Å². The van der Waals surface area contributed by atoms with Gasteiger partial charge in [0.1, 0.15) is 23.7 Å². The minimum atomic E-state index is -0.669. The molecule has 106 valence electrons. The summed E-state index contributed by atoms with van der Waals surface area (Å²) in [6, 6.07) is -0.669. The summed E-state index contributed by atoms with van der Waals surface area (Å²) in [4.78, 5) is 33.3. The van der Waals surface area contributed by atoms with Crippen LogP contribution in [0.5, 0.6) is 0 Å². The number of hydrogen-bond acceptors (Lipinski definition) is 5. The molecular weight excluding hydrogens is 250 g/mol. The molecule has 2 rings (SSSR count). The van der Waals surface area contributed by atoms with Crippen molar-refractivity contribution >= 4 is 18.3 Å². The zero-order chi connectivity index (χ0) is 14.2. The van der Waals surface area contributed by atoms with E-state index in [1.54, 1.807) is 13.8 Å². The standard InChI is InChI=1S/C13H19NO5/c1-7-5-13(7)10(19-12(13)17)4-8(2)18-11(16)9(3)14-6-15/h6-10H,4-5H2,1-3H3,(H,14,15)/t7?,8-,9-,10-,13+/m0/s1. The minimum absolute atomic E-state index is 0.125. The topological polar surface area (TPSA) is 81.7 Å². The average molecular weight is 269 g/mol. The van der Waals surface area contributed by atoms with Crippen molar-refractivity contribution in [3.63, 3.8) is 0 Å². The van der Waals surface area contributed by atoms with E-state index in [9.17, 15) is 14.4 Å². The first-order chi connectivity index (χ1) is 8.91. The molecule has 0 aromatic rings. The zero-order valence-corrected chi connectivity index (χ0v) is 11.3. The molecule has 0 aromatic heterocycles. The van der Waals surface area contributed by atoms with Crippen LogP contribution in [0, 0.1) is 11.3 Å². The molecule has 1 aliphatic heterocycles. The second-order valence-corrected chi connectivity index (χ2v) is 5.53. The van der Waals surface area contributed by atoms with Crippen molar-refractivity contribution in [1.29, 1.82) is 0 Å². The van der Waals surface area contributed by atoms with Crippen molar-refractivity contribution in [2.45, 2.75) is 51.9 Å². The van der Waals surface area contributed by atoms with E-state index in [0.29, 0.717) is 18.7 Å². The molecule has 2 aliphatic rings. The molecule has 2 fully saturated rings. The maximum absolute atomic E-state index is 11.6. The lowest BCUT2D eigenvalue weighted by atomic mass is 9.87. The molecule has 1 saturated carbocycles. The molecular formula is C13H19NO5. The second kappa shape index (κ2) is 4.83. The van der Waals surface area contributed by atoms with Crippen LogP contribution in [0.2, 0.25) is 0 Å². The van der Waals surface area contributed by atoms with Crippen LogP contribution in [0.15, 0.2) is 0 Å². The Bertz CT molecular complexity index is 410. The summed E-state index contributed by atoms with van der Waals surface area (Å²) in [5.74, 6) is -0.250. The van der Waals surface area contributed by atoms with Gasteiger partial charge in [-0.05, 0) is 26.2 Å².